The molecule has 2 aromatic heterocycles. The maximum absolute atomic E-state index is 12.0. The first-order valence-corrected chi connectivity index (χ1v) is 7.60. The van der Waals surface area contributed by atoms with Crippen LogP contribution in [0.25, 0.3) is 16.7 Å². The highest BCUT2D eigenvalue weighted by molar-refractivity contribution is 7.99. The van der Waals surface area contributed by atoms with E-state index in [1.165, 1.54) is 4.57 Å². The normalized spacial score (nSPS) is 11.1. The number of benzene rings is 1. The number of nitrogens with zero attached hydrogens (tertiary/aromatic N) is 4. The van der Waals surface area contributed by atoms with Gasteiger partial charge in [0.15, 0.2) is 5.16 Å². The summed E-state index contributed by atoms with van der Waals surface area (Å²) in [5, 5.41) is 15.3. The number of hydrogen-bond donors (Lipinski definition) is 2. The van der Waals surface area contributed by atoms with Crippen molar-refractivity contribution in [2.24, 2.45) is 0 Å². The third-order valence-corrected chi connectivity index (χ3v) is 4.31. The van der Waals surface area contributed by atoms with Crippen molar-refractivity contribution in [1.29, 1.82) is 0 Å². The molecular formula is C10H6ClN5O3S2. The third-order valence-electron chi connectivity index (χ3n) is 2.54. The van der Waals surface area contributed by atoms with Crippen LogP contribution in [0.5, 0.6) is 0 Å². The van der Waals surface area contributed by atoms with Crippen molar-refractivity contribution in [2.75, 3.05) is 5.75 Å². The molecule has 8 nitrogen and oxygen atoms in total. The average Bonchev–Trinajstić information content (AvgIpc) is 3.04. The fourth-order valence-corrected chi connectivity index (χ4v) is 3.17. The summed E-state index contributed by atoms with van der Waals surface area (Å²) in [7, 11) is 0. The van der Waals surface area contributed by atoms with E-state index < -0.39 is 11.7 Å². The number of aliphatic carboxylic acids is 1. The molecular weight excluding hydrogens is 338 g/mol. The smallest absolute Gasteiger partial charge is 0.348 e. The van der Waals surface area contributed by atoms with Crippen LogP contribution < -0.4 is 5.69 Å². The van der Waals surface area contributed by atoms with Gasteiger partial charge in [-0.25, -0.2) is 14.5 Å². The van der Waals surface area contributed by atoms with Crippen molar-refractivity contribution in [1.82, 2.24) is 23.5 Å². The number of carboxylic acid groups (broad SMARTS) is 1. The number of carboxylic acids is 1. The zero-order valence-electron chi connectivity index (χ0n) is 10.1. The number of hydrogen-bond acceptors (Lipinski definition) is 7. The van der Waals surface area contributed by atoms with Crippen LogP contribution in [0.1, 0.15) is 0 Å². The molecule has 0 spiro atoms. The number of thioether (sulfide) groups is 1. The summed E-state index contributed by atoms with van der Waals surface area (Å²) in [5.41, 5.74) is 0.884. The molecule has 0 unspecified atom stereocenters. The largest absolute Gasteiger partial charge is 0.481 e. The molecule has 2 N–H and O–H groups in total. The summed E-state index contributed by atoms with van der Waals surface area (Å²) in [6, 6.07) is 3.30. The molecule has 3 rings (SSSR count). The molecule has 0 aliphatic carbocycles. The minimum atomic E-state index is -1.01. The molecule has 3 aromatic rings. The molecule has 11 heteroatoms. The van der Waals surface area contributed by atoms with E-state index in [1.807, 2.05) is 0 Å². The van der Waals surface area contributed by atoms with Crippen molar-refractivity contribution in [3.8, 4) is 5.69 Å². The molecule has 0 saturated carbocycles. The number of halogens is 1. The standard InChI is InChI=1S/C10H6ClN5O3S2/c11-4-1-2-5-7(15-21-14-5)8(4)16-9(19)12-13-10(16)20-3-6(17)18/h1-2H,3H2,(H,12,19)(H,17,18). The van der Waals surface area contributed by atoms with E-state index in [-0.39, 0.29) is 10.9 Å². The van der Waals surface area contributed by atoms with Gasteiger partial charge < -0.3 is 5.11 Å². The van der Waals surface area contributed by atoms with Crippen LogP contribution in [0, 0.1) is 0 Å². The van der Waals surface area contributed by atoms with Gasteiger partial charge in [-0.1, -0.05) is 23.4 Å². The lowest BCUT2D eigenvalue weighted by molar-refractivity contribution is -0.133. The third kappa shape index (κ3) is 2.52. The first-order valence-electron chi connectivity index (χ1n) is 5.51. The Kier molecular flexibility index (Phi) is 3.66. The SMILES string of the molecule is O=C(O)CSc1n[nH]c(=O)n1-c1c(Cl)ccc2nsnc12. The second-order valence-corrected chi connectivity index (χ2v) is 5.74. The Morgan fingerprint density at radius 1 is 1.48 bits per heavy atom. The molecule has 0 radical (unpaired) electrons. The van der Waals surface area contributed by atoms with Crippen molar-refractivity contribution in [3.05, 3.63) is 27.6 Å². The van der Waals surface area contributed by atoms with Gasteiger partial charge in [-0.05, 0) is 12.1 Å². The highest BCUT2D eigenvalue weighted by atomic mass is 35.5. The van der Waals surface area contributed by atoms with Crippen LogP contribution in [0.15, 0.2) is 22.1 Å². The van der Waals surface area contributed by atoms with Crippen molar-refractivity contribution in [2.45, 2.75) is 5.16 Å². The molecule has 0 aliphatic rings. The topological polar surface area (TPSA) is 114 Å². The van der Waals surface area contributed by atoms with Gasteiger partial charge >= 0.3 is 11.7 Å². The Labute approximate surface area is 130 Å². The molecule has 108 valence electrons. The number of H-pyrrole nitrogens is 1. The van der Waals surface area contributed by atoms with E-state index in [1.54, 1.807) is 12.1 Å². The summed E-state index contributed by atoms with van der Waals surface area (Å²) in [4.78, 5) is 22.7. The summed E-state index contributed by atoms with van der Waals surface area (Å²) < 4.78 is 9.43. The van der Waals surface area contributed by atoms with E-state index in [0.717, 1.165) is 23.5 Å². The number of rotatable bonds is 4. The number of aromatic amines is 1. The summed E-state index contributed by atoms with van der Waals surface area (Å²) in [5.74, 6) is -1.24. The van der Waals surface area contributed by atoms with E-state index in [0.29, 0.717) is 21.7 Å². The lowest BCUT2D eigenvalue weighted by Gasteiger charge is -2.07. The van der Waals surface area contributed by atoms with Crippen LogP contribution in [-0.2, 0) is 4.79 Å². The summed E-state index contributed by atoms with van der Waals surface area (Å²) in [6.45, 7) is 0. The minimum absolute atomic E-state index is 0.199. The maximum Gasteiger partial charge on any atom is 0.348 e. The lowest BCUT2D eigenvalue weighted by Crippen LogP contribution is -2.16. The van der Waals surface area contributed by atoms with Crippen molar-refractivity contribution >= 4 is 52.1 Å². The van der Waals surface area contributed by atoms with Crippen LogP contribution >= 0.6 is 35.1 Å². The van der Waals surface area contributed by atoms with Gasteiger partial charge in [0.1, 0.15) is 16.7 Å². The lowest BCUT2D eigenvalue weighted by atomic mass is 10.2. The van der Waals surface area contributed by atoms with Crippen molar-refractivity contribution in [3.63, 3.8) is 0 Å². The van der Waals surface area contributed by atoms with Crippen LogP contribution in [0.2, 0.25) is 5.02 Å². The Balaban J connectivity index is 2.21. The van der Waals surface area contributed by atoms with Gasteiger partial charge in [0.2, 0.25) is 0 Å². The average molecular weight is 344 g/mol. The van der Waals surface area contributed by atoms with E-state index >= 15 is 0 Å². The van der Waals surface area contributed by atoms with Gasteiger partial charge in [-0.2, -0.15) is 8.75 Å². The minimum Gasteiger partial charge on any atom is -0.481 e. The molecule has 0 bridgehead atoms. The quantitative estimate of drug-likeness (QED) is 0.688. The van der Waals surface area contributed by atoms with Crippen molar-refractivity contribution < 1.29 is 9.90 Å². The van der Waals surface area contributed by atoms with E-state index in [4.69, 9.17) is 16.7 Å². The van der Waals surface area contributed by atoms with Gasteiger partial charge in [-0.15, -0.1) is 5.10 Å². The number of aromatic nitrogens is 5. The first kappa shape index (κ1) is 14.0. The Morgan fingerprint density at radius 3 is 3.05 bits per heavy atom. The molecule has 0 atom stereocenters. The molecule has 2 heterocycles. The summed E-state index contributed by atoms with van der Waals surface area (Å²) >= 11 is 8.07. The Hall–Kier alpha value is -1.91. The number of carbonyl (C=O) groups is 1. The molecule has 0 amide bonds. The van der Waals surface area contributed by atoms with E-state index in [9.17, 15) is 9.59 Å². The predicted octanol–water partition coefficient (Wildman–Crippen LogP) is 1.40. The molecule has 0 fully saturated rings. The molecule has 0 saturated heterocycles. The maximum atomic E-state index is 12.0. The van der Waals surface area contributed by atoms with Gasteiger partial charge in [0.05, 0.1) is 22.5 Å². The zero-order chi connectivity index (χ0) is 15.0. The predicted molar refractivity (Wildman–Crippen MR) is 78.5 cm³/mol. The van der Waals surface area contributed by atoms with E-state index in [2.05, 4.69) is 18.9 Å². The number of nitrogens with one attached hydrogen (secondary N) is 1. The number of fused-ring (bicyclic) bond motifs is 1. The van der Waals surface area contributed by atoms with Gasteiger partial charge in [0.25, 0.3) is 0 Å². The Bertz CT molecular complexity index is 886. The second-order valence-electron chi connectivity index (χ2n) is 3.86. The van der Waals surface area contributed by atoms with Crippen LogP contribution in [-0.4, -0.2) is 40.3 Å². The van der Waals surface area contributed by atoms with Crippen LogP contribution in [0.3, 0.4) is 0 Å². The van der Waals surface area contributed by atoms with Gasteiger partial charge in [-0.3, -0.25) is 4.79 Å². The van der Waals surface area contributed by atoms with Gasteiger partial charge in [0, 0.05) is 0 Å². The fourth-order valence-electron chi connectivity index (χ4n) is 1.73. The highest BCUT2D eigenvalue weighted by Crippen LogP contribution is 2.30. The second kappa shape index (κ2) is 5.47. The monoisotopic (exact) mass is 343 g/mol. The molecule has 1 aromatic carbocycles. The fraction of sp³-hybridized carbons (Fsp3) is 0.100. The Morgan fingerprint density at radius 2 is 2.29 bits per heavy atom. The zero-order valence-corrected chi connectivity index (χ0v) is 12.5. The highest BCUT2D eigenvalue weighted by Gasteiger charge is 2.19. The van der Waals surface area contributed by atoms with Crippen LogP contribution in [0.4, 0.5) is 0 Å². The molecule has 0 aliphatic heterocycles. The molecule has 21 heavy (non-hydrogen) atoms. The first-order chi connectivity index (χ1) is 10.1. The summed E-state index contributed by atoms with van der Waals surface area (Å²) in [6.07, 6.45) is 0.